The van der Waals surface area contributed by atoms with Crippen molar-refractivity contribution in [1.82, 2.24) is 30.6 Å². The molecule has 0 bridgehead atoms. The van der Waals surface area contributed by atoms with E-state index in [1.165, 1.54) is 12.1 Å². The van der Waals surface area contributed by atoms with Crippen molar-refractivity contribution in [3.05, 3.63) is 58.5 Å². The van der Waals surface area contributed by atoms with Crippen molar-refractivity contribution in [3.63, 3.8) is 0 Å². The molecule has 3 aromatic rings. The zero-order chi connectivity index (χ0) is 27.4. The molecule has 1 aromatic carbocycles. The molecule has 0 spiro atoms. The van der Waals surface area contributed by atoms with Gasteiger partial charge in [-0.15, -0.1) is 10.2 Å². The van der Waals surface area contributed by atoms with E-state index in [0.717, 1.165) is 23.7 Å². The molecule has 1 aliphatic carbocycles. The van der Waals surface area contributed by atoms with Crippen LogP contribution in [0.15, 0.2) is 34.9 Å². The highest BCUT2D eigenvalue weighted by molar-refractivity contribution is 6.32. The highest BCUT2D eigenvalue weighted by atomic mass is 35.5. The smallest absolute Gasteiger partial charge is 0.425 e. The number of aromatic nitrogens is 4. The number of carbonyl (C=O) groups excluding carboxylic acids is 2. The summed E-state index contributed by atoms with van der Waals surface area (Å²) >= 11 is 6.07. The van der Waals surface area contributed by atoms with Gasteiger partial charge in [0, 0.05) is 37.0 Å². The van der Waals surface area contributed by atoms with E-state index < -0.39 is 23.3 Å². The fraction of sp³-hybridized carbons (Fsp3) is 0.480. The predicted molar refractivity (Wildman–Crippen MR) is 132 cm³/mol. The first-order valence-corrected chi connectivity index (χ1v) is 12.7. The van der Waals surface area contributed by atoms with Crippen molar-refractivity contribution >= 4 is 23.4 Å². The number of nitrogens with zero attached hydrogens (tertiary/aromatic N) is 4. The Kier molecular flexibility index (Phi) is 8.39. The standard InChI is InChI=1S/C25H28ClF3N6O3/c1-14(2)23-32-33-24(38-23)16-9-7-15(8-10-16)21(36)30-11-12-31-22(37)17-13-35(34-20(17)25(27,28)29)19-6-4-3-5-18(19)26/h3-6,13-16H,7-12H2,1-2H3,(H,30,36)(H,31,37). The molecular weight excluding hydrogens is 525 g/mol. The summed E-state index contributed by atoms with van der Waals surface area (Å²) in [5.74, 6) is 0.164. The summed E-state index contributed by atoms with van der Waals surface area (Å²) in [7, 11) is 0. The van der Waals surface area contributed by atoms with Gasteiger partial charge in [0.2, 0.25) is 17.7 Å². The minimum absolute atomic E-state index is 0.0472. The lowest BCUT2D eigenvalue weighted by atomic mass is 9.81. The van der Waals surface area contributed by atoms with Gasteiger partial charge in [0.05, 0.1) is 16.3 Å². The van der Waals surface area contributed by atoms with E-state index in [4.69, 9.17) is 16.0 Å². The summed E-state index contributed by atoms with van der Waals surface area (Å²) in [5.41, 5.74) is -1.75. The molecule has 0 unspecified atom stereocenters. The monoisotopic (exact) mass is 552 g/mol. The normalized spacial score (nSPS) is 18.0. The SMILES string of the molecule is CC(C)c1nnc(C2CCC(C(=O)NCCNC(=O)c3cn(-c4ccccc4Cl)nc3C(F)(F)F)CC2)o1. The summed E-state index contributed by atoms with van der Waals surface area (Å²) in [4.78, 5) is 25.1. The Morgan fingerprint density at radius 1 is 1.11 bits per heavy atom. The van der Waals surface area contributed by atoms with Gasteiger partial charge < -0.3 is 15.1 Å². The molecule has 0 saturated heterocycles. The second-order valence-electron chi connectivity index (χ2n) is 9.51. The van der Waals surface area contributed by atoms with E-state index in [1.807, 2.05) is 13.8 Å². The largest absolute Gasteiger partial charge is 0.435 e. The summed E-state index contributed by atoms with van der Waals surface area (Å²) in [6.07, 6.45) is -1.07. The second kappa shape index (κ2) is 11.5. The number of benzene rings is 1. The van der Waals surface area contributed by atoms with Gasteiger partial charge in [-0.1, -0.05) is 37.6 Å². The Morgan fingerprint density at radius 3 is 2.42 bits per heavy atom. The molecule has 2 heterocycles. The average Bonchev–Trinajstić information content (AvgIpc) is 3.55. The van der Waals surface area contributed by atoms with Crippen LogP contribution < -0.4 is 10.6 Å². The van der Waals surface area contributed by atoms with Crippen molar-refractivity contribution in [3.8, 4) is 5.69 Å². The highest BCUT2D eigenvalue weighted by Crippen LogP contribution is 2.36. The van der Waals surface area contributed by atoms with Gasteiger partial charge in [0.1, 0.15) is 0 Å². The van der Waals surface area contributed by atoms with Gasteiger partial charge in [0.15, 0.2) is 5.69 Å². The number of amides is 2. The third kappa shape index (κ3) is 6.35. The van der Waals surface area contributed by atoms with E-state index in [0.29, 0.717) is 24.6 Å². The van der Waals surface area contributed by atoms with Crippen molar-refractivity contribution in [1.29, 1.82) is 0 Å². The Morgan fingerprint density at radius 2 is 1.79 bits per heavy atom. The van der Waals surface area contributed by atoms with Crippen molar-refractivity contribution < 1.29 is 27.2 Å². The molecule has 1 aliphatic rings. The molecule has 1 fully saturated rings. The second-order valence-corrected chi connectivity index (χ2v) is 9.92. The molecule has 0 atom stereocenters. The first-order valence-electron chi connectivity index (χ1n) is 12.4. The number of nitrogens with one attached hydrogen (secondary N) is 2. The summed E-state index contributed by atoms with van der Waals surface area (Å²) in [5, 5.41) is 17.1. The van der Waals surface area contributed by atoms with Gasteiger partial charge >= 0.3 is 6.18 Å². The highest BCUT2D eigenvalue weighted by Gasteiger charge is 2.39. The number of halogens is 4. The zero-order valence-corrected chi connectivity index (χ0v) is 21.6. The van der Waals surface area contributed by atoms with Crippen LogP contribution in [0, 0.1) is 5.92 Å². The Balaban J connectivity index is 1.27. The molecule has 1 saturated carbocycles. The molecular formula is C25H28ClF3N6O3. The maximum atomic E-state index is 13.6. The fourth-order valence-corrected chi connectivity index (χ4v) is 4.58. The van der Waals surface area contributed by atoms with E-state index in [2.05, 4.69) is 25.9 Å². The van der Waals surface area contributed by atoms with Crippen LogP contribution in [0.25, 0.3) is 5.69 Å². The first kappa shape index (κ1) is 27.6. The number of alkyl halides is 3. The Hall–Kier alpha value is -3.41. The van der Waals surface area contributed by atoms with Gasteiger partial charge in [-0.05, 0) is 37.8 Å². The van der Waals surface area contributed by atoms with Gasteiger partial charge in [-0.3, -0.25) is 9.59 Å². The fourth-order valence-electron chi connectivity index (χ4n) is 4.36. The Bertz CT molecular complexity index is 1280. The van der Waals surface area contributed by atoms with Crippen LogP contribution in [0.4, 0.5) is 13.2 Å². The zero-order valence-electron chi connectivity index (χ0n) is 20.9. The average molecular weight is 553 g/mol. The maximum absolute atomic E-state index is 13.6. The molecule has 4 rings (SSSR count). The van der Waals surface area contributed by atoms with Crippen LogP contribution in [0.2, 0.25) is 5.02 Å². The lowest BCUT2D eigenvalue weighted by molar-refractivity contribution is -0.141. The first-order chi connectivity index (χ1) is 18.0. The molecule has 2 N–H and O–H groups in total. The third-order valence-corrected chi connectivity index (χ3v) is 6.75. The summed E-state index contributed by atoms with van der Waals surface area (Å²) in [6, 6.07) is 6.22. The van der Waals surface area contributed by atoms with Crippen LogP contribution in [0.3, 0.4) is 0 Å². The lowest BCUT2D eigenvalue weighted by Gasteiger charge is -2.25. The van der Waals surface area contributed by atoms with E-state index in [1.54, 1.807) is 12.1 Å². The minimum Gasteiger partial charge on any atom is -0.425 e. The summed E-state index contributed by atoms with van der Waals surface area (Å²) in [6.45, 7) is 3.98. The van der Waals surface area contributed by atoms with Gasteiger partial charge in [0.25, 0.3) is 5.91 Å². The van der Waals surface area contributed by atoms with Gasteiger partial charge in [-0.2, -0.15) is 18.3 Å². The van der Waals surface area contributed by atoms with E-state index in [9.17, 15) is 22.8 Å². The lowest BCUT2D eigenvalue weighted by Crippen LogP contribution is -2.38. The van der Waals surface area contributed by atoms with E-state index >= 15 is 0 Å². The van der Waals surface area contributed by atoms with Crippen LogP contribution in [0.5, 0.6) is 0 Å². The minimum atomic E-state index is -4.84. The van der Waals surface area contributed by atoms with Crippen molar-refractivity contribution in [2.75, 3.05) is 13.1 Å². The van der Waals surface area contributed by atoms with Crippen LogP contribution in [-0.2, 0) is 11.0 Å². The predicted octanol–water partition coefficient (Wildman–Crippen LogP) is 4.87. The molecule has 0 radical (unpaired) electrons. The number of hydrogen-bond donors (Lipinski definition) is 2. The molecule has 2 aromatic heterocycles. The van der Waals surface area contributed by atoms with Crippen LogP contribution >= 0.6 is 11.6 Å². The molecule has 0 aliphatic heterocycles. The molecule has 2 amide bonds. The number of rotatable bonds is 8. The molecule has 13 heteroatoms. The number of hydrogen-bond acceptors (Lipinski definition) is 6. The van der Waals surface area contributed by atoms with Crippen LogP contribution in [-0.4, -0.2) is 44.9 Å². The summed E-state index contributed by atoms with van der Waals surface area (Å²) < 4.78 is 47.3. The third-order valence-electron chi connectivity index (χ3n) is 6.43. The Labute approximate surface area is 222 Å². The topological polar surface area (TPSA) is 115 Å². The number of carbonyl (C=O) groups is 2. The van der Waals surface area contributed by atoms with E-state index in [-0.39, 0.29) is 47.5 Å². The molecule has 9 nitrogen and oxygen atoms in total. The number of para-hydroxylation sites is 1. The van der Waals surface area contributed by atoms with Crippen LogP contribution in [0.1, 0.15) is 79.2 Å². The van der Waals surface area contributed by atoms with Crippen molar-refractivity contribution in [2.45, 2.75) is 57.5 Å². The molecule has 38 heavy (non-hydrogen) atoms. The van der Waals surface area contributed by atoms with Crippen molar-refractivity contribution in [2.24, 2.45) is 5.92 Å². The molecule has 204 valence electrons. The van der Waals surface area contributed by atoms with Gasteiger partial charge in [-0.25, -0.2) is 4.68 Å². The quantitative estimate of drug-likeness (QED) is 0.385. The maximum Gasteiger partial charge on any atom is 0.435 e.